The molecular weight excluding hydrogens is 420 g/mol. The van der Waals surface area contributed by atoms with Crippen LogP contribution in [0.5, 0.6) is 0 Å². The molecule has 0 nitrogen and oxygen atoms in total. The quantitative estimate of drug-likeness (QED) is 0.269. The molecule has 0 heteroatoms. The first-order valence-electron chi connectivity index (χ1n) is 13.8. The molecule has 0 atom stereocenters. The van der Waals surface area contributed by atoms with Crippen molar-refractivity contribution in [2.24, 2.45) is 23.7 Å². The molecule has 0 aliphatic heterocycles. The summed E-state index contributed by atoms with van der Waals surface area (Å²) >= 11 is 0. The van der Waals surface area contributed by atoms with Crippen molar-refractivity contribution in [3.8, 4) is 22.3 Å². The van der Waals surface area contributed by atoms with E-state index in [1.165, 1.54) is 81.8 Å². The minimum absolute atomic E-state index is 0.236. The fraction of sp³-hybridized carbons (Fsp3) is 0.371. The van der Waals surface area contributed by atoms with Crippen LogP contribution in [-0.2, 0) is 5.41 Å². The highest BCUT2D eigenvalue weighted by molar-refractivity contribution is 6.01. The summed E-state index contributed by atoms with van der Waals surface area (Å²) in [5, 5.41) is 2.81. The number of hydrogen-bond acceptors (Lipinski definition) is 0. The smallest absolute Gasteiger partial charge is 0.0272 e. The zero-order valence-corrected chi connectivity index (χ0v) is 21.2. The maximum atomic E-state index is 2.65. The molecule has 0 amide bonds. The van der Waals surface area contributed by atoms with Crippen LogP contribution in [0, 0.1) is 44.4 Å². The van der Waals surface area contributed by atoms with Crippen molar-refractivity contribution in [1.82, 2.24) is 0 Å². The molecule has 4 saturated carbocycles. The van der Waals surface area contributed by atoms with Gasteiger partial charge in [0.25, 0.3) is 0 Å². The molecule has 9 rings (SSSR count). The average Bonchev–Trinajstić information content (AvgIpc) is 3.13. The van der Waals surface area contributed by atoms with Crippen molar-refractivity contribution in [1.29, 1.82) is 0 Å². The Bertz CT molecular complexity index is 1510. The molecule has 0 radical (unpaired) electrons. The van der Waals surface area contributed by atoms with Crippen LogP contribution in [0.1, 0.15) is 59.9 Å². The Morgan fingerprint density at radius 3 is 2.09 bits per heavy atom. The number of fused-ring (bicyclic) bond motifs is 4. The van der Waals surface area contributed by atoms with E-state index in [2.05, 4.69) is 87.5 Å². The summed E-state index contributed by atoms with van der Waals surface area (Å²) in [7, 11) is 0. The molecule has 4 aromatic carbocycles. The molecule has 0 saturated heterocycles. The van der Waals surface area contributed by atoms with Crippen molar-refractivity contribution >= 4 is 10.8 Å². The van der Waals surface area contributed by atoms with Crippen molar-refractivity contribution < 1.29 is 0 Å². The first kappa shape index (κ1) is 20.3. The van der Waals surface area contributed by atoms with Gasteiger partial charge in [0.1, 0.15) is 0 Å². The highest BCUT2D eigenvalue weighted by Crippen LogP contribution is 2.69. The van der Waals surface area contributed by atoms with Crippen molar-refractivity contribution in [3.05, 3.63) is 94.5 Å². The van der Waals surface area contributed by atoms with E-state index in [0.29, 0.717) is 0 Å². The lowest BCUT2D eigenvalue weighted by molar-refractivity contribution is -0.0399. The first-order chi connectivity index (χ1) is 17.0. The molecule has 5 aliphatic carbocycles. The molecule has 5 aliphatic rings. The molecule has 174 valence electrons. The number of hydrogen-bond donors (Lipinski definition) is 0. The molecule has 0 aromatic heterocycles. The molecule has 4 bridgehead atoms. The summed E-state index contributed by atoms with van der Waals surface area (Å²) in [4.78, 5) is 0. The third kappa shape index (κ3) is 2.53. The van der Waals surface area contributed by atoms with Gasteiger partial charge in [-0.25, -0.2) is 0 Å². The number of rotatable bonds is 1. The van der Waals surface area contributed by atoms with E-state index >= 15 is 0 Å². The fourth-order valence-electron chi connectivity index (χ4n) is 9.58. The van der Waals surface area contributed by atoms with E-state index < -0.39 is 0 Å². The third-order valence-corrected chi connectivity index (χ3v) is 10.5. The molecule has 1 spiro atoms. The van der Waals surface area contributed by atoms with Crippen LogP contribution in [0.4, 0.5) is 0 Å². The molecular formula is C35H34. The molecule has 0 unspecified atom stereocenters. The molecule has 0 heterocycles. The van der Waals surface area contributed by atoms with E-state index in [0.717, 1.165) is 23.7 Å². The fourth-order valence-corrected chi connectivity index (χ4v) is 9.58. The predicted octanol–water partition coefficient (Wildman–Crippen LogP) is 9.15. The summed E-state index contributed by atoms with van der Waals surface area (Å²) in [5.41, 5.74) is 13.5. The second-order valence-corrected chi connectivity index (χ2v) is 12.4. The van der Waals surface area contributed by atoms with Gasteiger partial charge in [0.15, 0.2) is 0 Å². The van der Waals surface area contributed by atoms with Gasteiger partial charge in [-0.2, -0.15) is 0 Å². The van der Waals surface area contributed by atoms with Crippen LogP contribution in [0.2, 0.25) is 0 Å². The standard InChI is InChI=1S/C35H34/c1-20-8-10-30-31(12-20)21(2)13-22(3)34(30)25-9-11-29-28-6-4-5-7-32(28)35(33(29)19-25)26-15-23-14-24(17-26)18-27(35)16-23/h4-13,19,23-24,26-27H,14-18H2,1-3H3. The molecule has 0 N–H and O–H groups in total. The normalized spacial score (nSPS) is 29.7. The lowest BCUT2D eigenvalue weighted by Gasteiger charge is -2.61. The van der Waals surface area contributed by atoms with Gasteiger partial charge in [-0.05, 0) is 138 Å². The largest absolute Gasteiger partial charge is 0.0619 e. The topological polar surface area (TPSA) is 0 Å². The zero-order valence-electron chi connectivity index (χ0n) is 21.2. The van der Waals surface area contributed by atoms with E-state index in [1.807, 2.05) is 0 Å². The Labute approximate surface area is 209 Å². The van der Waals surface area contributed by atoms with Crippen LogP contribution < -0.4 is 0 Å². The highest BCUT2D eigenvalue weighted by atomic mass is 14.6. The number of aryl methyl sites for hydroxylation is 3. The van der Waals surface area contributed by atoms with Crippen LogP contribution in [-0.4, -0.2) is 0 Å². The molecule has 4 fully saturated rings. The van der Waals surface area contributed by atoms with E-state index in [1.54, 1.807) is 11.1 Å². The second kappa shape index (κ2) is 6.88. The summed E-state index contributed by atoms with van der Waals surface area (Å²) < 4.78 is 0. The first-order valence-corrected chi connectivity index (χ1v) is 13.8. The van der Waals surface area contributed by atoms with Crippen molar-refractivity contribution in [2.45, 2.75) is 58.3 Å². The predicted molar refractivity (Wildman–Crippen MR) is 147 cm³/mol. The van der Waals surface area contributed by atoms with Crippen LogP contribution >= 0.6 is 0 Å². The van der Waals surface area contributed by atoms with Crippen LogP contribution in [0.3, 0.4) is 0 Å². The minimum Gasteiger partial charge on any atom is -0.0619 e. The van der Waals surface area contributed by atoms with E-state index in [9.17, 15) is 0 Å². The third-order valence-electron chi connectivity index (χ3n) is 10.5. The monoisotopic (exact) mass is 454 g/mol. The summed E-state index contributed by atoms with van der Waals surface area (Å²) in [6.45, 7) is 6.78. The molecule has 35 heavy (non-hydrogen) atoms. The molecule has 4 aromatic rings. The lowest BCUT2D eigenvalue weighted by atomic mass is 9.43. The summed E-state index contributed by atoms with van der Waals surface area (Å²) in [6, 6.07) is 26.4. The van der Waals surface area contributed by atoms with Gasteiger partial charge in [0.2, 0.25) is 0 Å². The van der Waals surface area contributed by atoms with Gasteiger partial charge in [-0.3, -0.25) is 0 Å². The van der Waals surface area contributed by atoms with Gasteiger partial charge < -0.3 is 0 Å². The van der Waals surface area contributed by atoms with E-state index in [-0.39, 0.29) is 5.41 Å². The Morgan fingerprint density at radius 1 is 0.600 bits per heavy atom. The van der Waals surface area contributed by atoms with Gasteiger partial charge in [0, 0.05) is 5.41 Å². The van der Waals surface area contributed by atoms with Gasteiger partial charge in [-0.15, -0.1) is 0 Å². The minimum atomic E-state index is 0.236. The average molecular weight is 455 g/mol. The second-order valence-electron chi connectivity index (χ2n) is 12.4. The maximum absolute atomic E-state index is 2.65. The highest BCUT2D eigenvalue weighted by Gasteiger charge is 2.61. The van der Waals surface area contributed by atoms with Crippen LogP contribution in [0.15, 0.2) is 66.7 Å². The van der Waals surface area contributed by atoms with Gasteiger partial charge in [0.05, 0.1) is 0 Å². The Hall–Kier alpha value is -2.86. The SMILES string of the molecule is Cc1ccc2c(-c3ccc4c(c3)C3(c5ccccc5-4)C4CC5CC(C4)CC3C5)c(C)cc(C)c2c1. The van der Waals surface area contributed by atoms with E-state index in [4.69, 9.17) is 0 Å². The van der Waals surface area contributed by atoms with Crippen molar-refractivity contribution in [2.75, 3.05) is 0 Å². The van der Waals surface area contributed by atoms with Crippen molar-refractivity contribution in [3.63, 3.8) is 0 Å². The lowest BCUT2D eigenvalue weighted by Crippen LogP contribution is -2.55. The zero-order chi connectivity index (χ0) is 23.5. The maximum Gasteiger partial charge on any atom is 0.0272 e. The van der Waals surface area contributed by atoms with Gasteiger partial charge in [-0.1, -0.05) is 66.2 Å². The summed E-state index contributed by atoms with van der Waals surface area (Å²) in [5.74, 6) is 3.59. The van der Waals surface area contributed by atoms with Gasteiger partial charge >= 0.3 is 0 Å². The van der Waals surface area contributed by atoms with Crippen LogP contribution in [0.25, 0.3) is 33.0 Å². The summed E-state index contributed by atoms with van der Waals surface area (Å²) in [6.07, 6.45) is 7.27. The number of benzene rings is 4. The Morgan fingerprint density at radius 2 is 1.31 bits per heavy atom. The Balaban J connectivity index is 1.40. The Kier molecular flexibility index (Phi) is 4.00.